The summed E-state index contributed by atoms with van der Waals surface area (Å²) in [6.07, 6.45) is 0.997. The molecule has 0 heterocycles. The number of nitrogens with one attached hydrogen (secondary N) is 2. The molecule has 0 aliphatic rings. The van der Waals surface area contributed by atoms with Gasteiger partial charge >= 0.3 is 0 Å². The molecule has 0 spiro atoms. The van der Waals surface area contributed by atoms with Crippen molar-refractivity contribution in [1.29, 1.82) is 0 Å². The molecule has 3 amide bonds. The van der Waals surface area contributed by atoms with Crippen molar-refractivity contribution in [3.05, 3.63) is 65.7 Å². The van der Waals surface area contributed by atoms with Crippen LogP contribution in [0.5, 0.6) is 5.75 Å². The highest BCUT2D eigenvalue weighted by molar-refractivity contribution is 5.93. The van der Waals surface area contributed by atoms with E-state index in [9.17, 15) is 19.2 Å². The van der Waals surface area contributed by atoms with Gasteiger partial charge in [-0.25, -0.2) is 0 Å². The van der Waals surface area contributed by atoms with Crippen LogP contribution in [0.2, 0.25) is 0 Å². The summed E-state index contributed by atoms with van der Waals surface area (Å²) >= 11 is 0. The zero-order valence-electron chi connectivity index (χ0n) is 23.7. The Morgan fingerprint density at radius 3 is 2.00 bits per heavy atom. The summed E-state index contributed by atoms with van der Waals surface area (Å²) in [7, 11) is 3.61. The predicted molar refractivity (Wildman–Crippen MR) is 151 cm³/mol. The lowest BCUT2D eigenvalue weighted by molar-refractivity contribution is -0.136. The first-order valence-corrected chi connectivity index (χ1v) is 13.3. The second-order valence-corrected chi connectivity index (χ2v) is 10.4. The van der Waals surface area contributed by atoms with Gasteiger partial charge in [-0.1, -0.05) is 64.4 Å². The summed E-state index contributed by atoms with van der Waals surface area (Å²) < 4.78 is 6.23. The maximum Gasteiger partial charge on any atom is 0.247 e. The Morgan fingerprint density at radius 2 is 1.51 bits per heavy atom. The zero-order valence-corrected chi connectivity index (χ0v) is 23.7. The van der Waals surface area contributed by atoms with Crippen LogP contribution in [-0.4, -0.2) is 67.2 Å². The average Bonchev–Trinajstić information content (AvgIpc) is 2.91. The van der Waals surface area contributed by atoms with E-state index in [1.54, 1.807) is 43.3 Å². The average molecular weight is 539 g/mol. The molecule has 39 heavy (non-hydrogen) atoms. The molecule has 0 saturated carbocycles. The molecule has 5 unspecified atom stereocenters. The number of hydrogen-bond acceptors (Lipinski definition) is 6. The molecule has 4 N–H and O–H groups in total. The third-order valence-corrected chi connectivity index (χ3v) is 6.87. The Bertz CT molecular complexity index is 1090. The van der Waals surface area contributed by atoms with Crippen LogP contribution >= 0.6 is 0 Å². The van der Waals surface area contributed by atoms with Crippen molar-refractivity contribution in [2.75, 3.05) is 14.1 Å². The standard InChI is InChI=1S/C30H42N4O5/c1-7-20(4)25(28(31)36)32-30(38)26(27(19(2)3)39-23-15-13-22(18-35)14-16-23)33-29(37)24(34(5)6)17-21-11-9-8-10-12-21/h8-16,18-20,24-27H,7,17H2,1-6H3,(H2,31,36)(H,32,38)(H,33,37). The maximum atomic E-state index is 13.7. The van der Waals surface area contributed by atoms with Crippen LogP contribution in [0.3, 0.4) is 0 Å². The van der Waals surface area contributed by atoms with E-state index in [-0.39, 0.29) is 17.7 Å². The van der Waals surface area contributed by atoms with Gasteiger partial charge in [0.15, 0.2) is 0 Å². The Morgan fingerprint density at radius 1 is 0.923 bits per heavy atom. The molecule has 212 valence electrons. The molecular formula is C30H42N4O5. The van der Waals surface area contributed by atoms with Gasteiger partial charge in [0.25, 0.3) is 0 Å². The fourth-order valence-corrected chi connectivity index (χ4v) is 4.24. The van der Waals surface area contributed by atoms with Gasteiger partial charge in [-0.15, -0.1) is 0 Å². The molecule has 0 bridgehead atoms. The molecular weight excluding hydrogens is 496 g/mol. The number of rotatable bonds is 15. The quantitative estimate of drug-likeness (QED) is 0.299. The third-order valence-electron chi connectivity index (χ3n) is 6.87. The Labute approximate surface area is 231 Å². The van der Waals surface area contributed by atoms with Crippen molar-refractivity contribution in [2.24, 2.45) is 17.6 Å². The monoisotopic (exact) mass is 538 g/mol. The van der Waals surface area contributed by atoms with Crippen molar-refractivity contribution < 1.29 is 23.9 Å². The van der Waals surface area contributed by atoms with E-state index in [2.05, 4.69) is 10.6 Å². The first-order valence-electron chi connectivity index (χ1n) is 13.3. The van der Waals surface area contributed by atoms with Gasteiger partial charge in [0.2, 0.25) is 17.7 Å². The summed E-state index contributed by atoms with van der Waals surface area (Å²) in [6, 6.07) is 13.5. The molecule has 9 heteroatoms. The van der Waals surface area contributed by atoms with Gasteiger partial charge < -0.3 is 21.1 Å². The van der Waals surface area contributed by atoms with Gasteiger partial charge in [-0.05, 0) is 62.2 Å². The summed E-state index contributed by atoms with van der Waals surface area (Å²) in [5.41, 5.74) is 7.08. The SMILES string of the molecule is CCC(C)C(NC(=O)C(NC(=O)C(Cc1ccccc1)N(C)C)C(Oc1ccc(C=O)cc1)C(C)C)C(N)=O. The van der Waals surface area contributed by atoms with Crippen molar-refractivity contribution >= 4 is 24.0 Å². The summed E-state index contributed by atoms with van der Waals surface area (Å²) in [4.78, 5) is 52.4. The highest BCUT2D eigenvalue weighted by Gasteiger charge is 2.38. The van der Waals surface area contributed by atoms with Crippen LogP contribution in [0.1, 0.15) is 50.0 Å². The number of amides is 3. The number of carbonyl (C=O) groups excluding carboxylic acids is 4. The number of nitrogens with two attached hydrogens (primary N) is 1. The molecule has 0 radical (unpaired) electrons. The van der Waals surface area contributed by atoms with Crippen molar-refractivity contribution in [3.63, 3.8) is 0 Å². The van der Waals surface area contributed by atoms with Crippen LogP contribution in [-0.2, 0) is 20.8 Å². The fourth-order valence-electron chi connectivity index (χ4n) is 4.24. The smallest absolute Gasteiger partial charge is 0.247 e. The van der Waals surface area contributed by atoms with E-state index < -0.39 is 36.0 Å². The largest absolute Gasteiger partial charge is 0.487 e. The Balaban J connectivity index is 2.42. The van der Waals surface area contributed by atoms with Gasteiger partial charge in [0.1, 0.15) is 30.2 Å². The number of ether oxygens (including phenoxy) is 1. The minimum atomic E-state index is -1.13. The Hall–Kier alpha value is -3.72. The lowest BCUT2D eigenvalue weighted by Gasteiger charge is -2.34. The molecule has 0 fully saturated rings. The molecule has 9 nitrogen and oxygen atoms in total. The summed E-state index contributed by atoms with van der Waals surface area (Å²) in [6.45, 7) is 7.49. The maximum absolute atomic E-state index is 13.7. The molecule has 0 saturated heterocycles. The fraction of sp³-hybridized carbons (Fsp3) is 0.467. The van der Waals surface area contributed by atoms with E-state index in [0.717, 1.165) is 11.8 Å². The van der Waals surface area contributed by atoms with Gasteiger partial charge in [-0.3, -0.25) is 24.1 Å². The van der Waals surface area contributed by atoms with Crippen LogP contribution in [0.25, 0.3) is 0 Å². The molecule has 0 aromatic heterocycles. The van der Waals surface area contributed by atoms with E-state index in [4.69, 9.17) is 10.5 Å². The van der Waals surface area contributed by atoms with Crippen LogP contribution < -0.4 is 21.1 Å². The number of carbonyl (C=O) groups is 4. The number of benzene rings is 2. The van der Waals surface area contributed by atoms with E-state index in [0.29, 0.717) is 24.2 Å². The van der Waals surface area contributed by atoms with Crippen LogP contribution in [0.4, 0.5) is 0 Å². The summed E-state index contributed by atoms with van der Waals surface area (Å²) in [5, 5.41) is 5.68. The lowest BCUT2D eigenvalue weighted by atomic mass is 9.94. The van der Waals surface area contributed by atoms with Crippen molar-refractivity contribution in [3.8, 4) is 5.75 Å². The molecule has 2 aromatic carbocycles. The number of nitrogens with zero attached hydrogens (tertiary/aromatic N) is 1. The molecule has 0 aliphatic carbocycles. The van der Waals surface area contributed by atoms with Crippen molar-refractivity contribution in [1.82, 2.24) is 15.5 Å². The topological polar surface area (TPSA) is 131 Å². The first-order chi connectivity index (χ1) is 18.5. The van der Waals surface area contributed by atoms with Gasteiger partial charge in [0.05, 0.1) is 6.04 Å². The number of aldehydes is 1. The normalized spacial score (nSPS) is 15.1. The van der Waals surface area contributed by atoms with Gasteiger partial charge in [-0.2, -0.15) is 0 Å². The lowest BCUT2D eigenvalue weighted by Crippen LogP contribution is -2.62. The third kappa shape index (κ3) is 9.21. The van der Waals surface area contributed by atoms with Crippen LogP contribution in [0, 0.1) is 11.8 Å². The second kappa shape index (κ2) is 15.0. The second-order valence-electron chi connectivity index (χ2n) is 10.4. The van der Waals surface area contributed by atoms with Gasteiger partial charge in [0, 0.05) is 5.56 Å². The van der Waals surface area contributed by atoms with Crippen molar-refractivity contribution in [2.45, 2.75) is 64.8 Å². The number of hydrogen-bond donors (Lipinski definition) is 3. The number of primary amides is 1. The van der Waals surface area contributed by atoms with E-state index >= 15 is 0 Å². The molecule has 0 aliphatic heterocycles. The summed E-state index contributed by atoms with van der Waals surface area (Å²) in [5.74, 6) is -1.54. The Kier molecular flexibility index (Phi) is 12.1. The highest BCUT2D eigenvalue weighted by Crippen LogP contribution is 2.20. The highest BCUT2D eigenvalue weighted by atomic mass is 16.5. The number of likely N-dealkylation sites (N-methyl/N-ethyl adjacent to an activating group) is 1. The molecule has 2 aromatic rings. The minimum absolute atomic E-state index is 0.204. The minimum Gasteiger partial charge on any atom is -0.487 e. The predicted octanol–water partition coefficient (Wildman–Crippen LogP) is 2.58. The van der Waals surface area contributed by atoms with Crippen LogP contribution in [0.15, 0.2) is 54.6 Å². The molecule has 2 rings (SSSR count). The zero-order chi connectivity index (χ0) is 29.1. The molecule has 5 atom stereocenters. The first kappa shape index (κ1) is 31.5. The van der Waals surface area contributed by atoms with E-state index in [1.165, 1.54) is 0 Å². The van der Waals surface area contributed by atoms with E-state index in [1.807, 2.05) is 58.0 Å².